The van der Waals surface area contributed by atoms with Crippen LogP contribution in [0, 0.1) is 5.92 Å². The summed E-state index contributed by atoms with van der Waals surface area (Å²) in [7, 11) is 0. The topological polar surface area (TPSA) is 94.9 Å². The first-order chi connectivity index (χ1) is 8.81. The van der Waals surface area contributed by atoms with E-state index < -0.39 is 18.0 Å². The maximum atomic E-state index is 12.0. The molecule has 0 radical (unpaired) electrons. The van der Waals surface area contributed by atoms with Crippen molar-refractivity contribution in [2.75, 3.05) is 6.54 Å². The largest absolute Gasteiger partial charge is 0.481 e. The van der Waals surface area contributed by atoms with Crippen LogP contribution in [-0.4, -0.2) is 45.5 Å². The van der Waals surface area contributed by atoms with Crippen molar-refractivity contribution in [2.45, 2.75) is 52.5 Å². The summed E-state index contributed by atoms with van der Waals surface area (Å²) in [4.78, 5) is 35.1. The summed E-state index contributed by atoms with van der Waals surface area (Å²) >= 11 is 0. The molecule has 0 saturated carbocycles. The third-order valence-electron chi connectivity index (χ3n) is 2.84. The molecule has 0 rings (SSSR count). The minimum absolute atomic E-state index is 0.0625. The van der Waals surface area contributed by atoms with E-state index in [1.54, 1.807) is 13.8 Å². The van der Waals surface area contributed by atoms with Crippen LogP contribution in [0.4, 0.5) is 0 Å². The second kappa shape index (κ2) is 8.50. The van der Waals surface area contributed by atoms with Crippen molar-refractivity contribution in [2.24, 2.45) is 5.92 Å². The predicted octanol–water partition coefficient (Wildman–Crippen LogP) is 1.59. The maximum absolute atomic E-state index is 12.0. The van der Waals surface area contributed by atoms with Gasteiger partial charge in [0.15, 0.2) is 0 Å². The van der Waals surface area contributed by atoms with E-state index in [0.29, 0.717) is 12.8 Å². The molecule has 0 aromatic carbocycles. The van der Waals surface area contributed by atoms with Crippen LogP contribution in [-0.2, 0) is 14.4 Å². The van der Waals surface area contributed by atoms with Crippen LogP contribution in [0.2, 0.25) is 0 Å². The molecule has 0 fully saturated rings. The van der Waals surface area contributed by atoms with Crippen molar-refractivity contribution in [3.63, 3.8) is 0 Å². The van der Waals surface area contributed by atoms with Crippen molar-refractivity contribution >= 4 is 17.8 Å². The predicted molar refractivity (Wildman–Crippen MR) is 69.8 cm³/mol. The molecule has 0 bridgehead atoms. The highest BCUT2D eigenvalue weighted by atomic mass is 16.4. The van der Waals surface area contributed by atoms with Crippen LogP contribution in [0.15, 0.2) is 0 Å². The number of aliphatic carboxylic acids is 2. The molecule has 1 amide bonds. The molecule has 6 nitrogen and oxygen atoms in total. The van der Waals surface area contributed by atoms with E-state index in [-0.39, 0.29) is 24.8 Å². The van der Waals surface area contributed by atoms with Gasteiger partial charge in [-0.15, -0.1) is 0 Å². The van der Waals surface area contributed by atoms with Crippen LogP contribution in [0.1, 0.15) is 46.5 Å². The number of carboxylic acids is 2. The Morgan fingerprint density at radius 2 is 1.74 bits per heavy atom. The zero-order valence-electron chi connectivity index (χ0n) is 11.8. The Bertz CT molecular complexity index is 327. The highest BCUT2D eigenvalue weighted by Crippen LogP contribution is 2.14. The number of hydrogen-bond acceptors (Lipinski definition) is 3. The molecule has 0 aliphatic rings. The van der Waals surface area contributed by atoms with Crippen LogP contribution in [0.25, 0.3) is 0 Å². The van der Waals surface area contributed by atoms with Gasteiger partial charge in [-0.25, -0.2) is 4.79 Å². The van der Waals surface area contributed by atoms with E-state index in [9.17, 15) is 19.5 Å². The Labute approximate surface area is 113 Å². The summed E-state index contributed by atoms with van der Waals surface area (Å²) in [6.45, 7) is 5.22. The first-order valence-corrected chi connectivity index (χ1v) is 6.56. The van der Waals surface area contributed by atoms with Gasteiger partial charge in [-0.05, 0) is 6.42 Å². The molecule has 6 heteroatoms. The highest BCUT2D eigenvalue weighted by Gasteiger charge is 2.30. The zero-order chi connectivity index (χ0) is 15.0. The third kappa shape index (κ3) is 6.22. The van der Waals surface area contributed by atoms with E-state index in [4.69, 9.17) is 5.11 Å². The number of unbranched alkanes of at least 4 members (excludes halogenated alkanes) is 1. The zero-order valence-corrected chi connectivity index (χ0v) is 11.8. The lowest BCUT2D eigenvalue weighted by Crippen LogP contribution is -2.47. The fraction of sp³-hybridized carbons (Fsp3) is 0.769. The van der Waals surface area contributed by atoms with Gasteiger partial charge in [0.2, 0.25) is 5.91 Å². The van der Waals surface area contributed by atoms with Gasteiger partial charge in [0.1, 0.15) is 6.04 Å². The molecule has 0 aliphatic heterocycles. The summed E-state index contributed by atoms with van der Waals surface area (Å²) in [5.74, 6) is -2.78. The number of rotatable bonds is 9. The molecule has 1 unspecified atom stereocenters. The fourth-order valence-electron chi connectivity index (χ4n) is 1.78. The second-order valence-corrected chi connectivity index (χ2v) is 4.83. The summed E-state index contributed by atoms with van der Waals surface area (Å²) in [5, 5.41) is 17.9. The lowest BCUT2D eigenvalue weighted by molar-refractivity contribution is -0.153. The molecular formula is C13H23NO5. The molecule has 0 aromatic heterocycles. The van der Waals surface area contributed by atoms with Gasteiger partial charge < -0.3 is 15.1 Å². The Kier molecular flexibility index (Phi) is 7.79. The van der Waals surface area contributed by atoms with Crippen molar-refractivity contribution in [1.29, 1.82) is 0 Å². The number of carbonyl (C=O) groups excluding carboxylic acids is 1. The number of amides is 1. The summed E-state index contributed by atoms with van der Waals surface area (Å²) in [6.07, 6.45) is 1.62. The minimum Gasteiger partial charge on any atom is -0.481 e. The Morgan fingerprint density at radius 3 is 2.11 bits per heavy atom. The van der Waals surface area contributed by atoms with E-state index in [2.05, 4.69) is 0 Å². The molecule has 0 heterocycles. The maximum Gasteiger partial charge on any atom is 0.326 e. The van der Waals surface area contributed by atoms with Crippen molar-refractivity contribution < 1.29 is 24.6 Å². The Balaban J connectivity index is 4.97. The number of carbonyl (C=O) groups is 3. The lowest BCUT2D eigenvalue weighted by Gasteiger charge is -2.30. The Hall–Kier alpha value is -1.59. The van der Waals surface area contributed by atoms with Gasteiger partial charge >= 0.3 is 11.9 Å². The lowest BCUT2D eigenvalue weighted by atomic mass is 10.1. The molecule has 0 aliphatic carbocycles. The standard InChI is InChI=1S/C13H23NO5/c1-4-5-6-10(13(18)19)14(8-7-11(15)16)12(17)9(2)3/h9-10H,4-8H2,1-3H3,(H,15,16)(H,18,19). The molecular weight excluding hydrogens is 250 g/mol. The summed E-state index contributed by atoms with van der Waals surface area (Å²) in [6, 6.07) is -0.936. The second-order valence-electron chi connectivity index (χ2n) is 4.83. The van der Waals surface area contributed by atoms with Gasteiger partial charge in [-0.3, -0.25) is 9.59 Å². The Morgan fingerprint density at radius 1 is 1.16 bits per heavy atom. The number of hydrogen-bond donors (Lipinski definition) is 2. The monoisotopic (exact) mass is 273 g/mol. The molecule has 0 saturated heterocycles. The van der Waals surface area contributed by atoms with Crippen LogP contribution in [0.3, 0.4) is 0 Å². The highest BCUT2D eigenvalue weighted by molar-refractivity contribution is 5.85. The summed E-state index contributed by atoms with van der Waals surface area (Å²) < 4.78 is 0. The van der Waals surface area contributed by atoms with E-state index in [0.717, 1.165) is 6.42 Å². The van der Waals surface area contributed by atoms with E-state index in [1.165, 1.54) is 4.90 Å². The fourth-order valence-corrected chi connectivity index (χ4v) is 1.78. The SMILES string of the molecule is CCCCC(C(=O)O)N(CCC(=O)O)C(=O)C(C)C. The quantitative estimate of drug-likeness (QED) is 0.665. The van der Waals surface area contributed by atoms with Crippen molar-refractivity contribution in [3.8, 4) is 0 Å². The molecule has 19 heavy (non-hydrogen) atoms. The molecule has 0 spiro atoms. The normalized spacial score (nSPS) is 12.2. The van der Waals surface area contributed by atoms with E-state index >= 15 is 0 Å². The van der Waals surface area contributed by atoms with Crippen molar-refractivity contribution in [1.82, 2.24) is 4.90 Å². The molecule has 110 valence electrons. The van der Waals surface area contributed by atoms with E-state index in [1.807, 2.05) is 6.92 Å². The first kappa shape index (κ1) is 17.4. The average Bonchev–Trinajstić information content (AvgIpc) is 2.31. The molecule has 0 aromatic rings. The number of nitrogens with zero attached hydrogens (tertiary/aromatic N) is 1. The first-order valence-electron chi connectivity index (χ1n) is 6.56. The van der Waals surface area contributed by atoms with Crippen LogP contribution >= 0.6 is 0 Å². The molecule has 1 atom stereocenters. The van der Waals surface area contributed by atoms with Crippen LogP contribution in [0.5, 0.6) is 0 Å². The van der Waals surface area contributed by atoms with Crippen molar-refractivity contribution in [3.05, 3.63) is 0 Å². The summed E-state index contributed by atoms with van der Waals surface area (Å²) in [5.41, 5.74) is 0. The van der Waals surface area contributed by atoms with Gasteiger partial charge in [0, 0.05) is 12.5 Å². The van der Waals surface area contributed by atoms with Gasteiger partial charge in [0.05, 0.1) is 6.42 Å². The smallest absolute Gasteiger partial charge is 0.326 e. The van der Waals surface area contributed by atoms with Gasteiger partial charge in [0.25, 0.3) is 0 Å². The number of carboxylic acid groups (broad SMARTS) is 2. The van der Waals surface area contributed by atoms with Crippen LogP contribution < -0.4 is 0 Å². The average molecular weight is 273 g/mol. The van der Waals surface area contributed by atoms with Gasteiger partial charge in [-0.1, -0.05) is 33.6 Å². The van der Waals surface area contributed by atoms with Gasteiger partial charge in [-0.2, -0.15) is 0 Å². The molecule has 2 N–H and O–H groups in total. The minimum atomic E-state index is -1.08. The third-order valence-corrected chi connectivity index (χ3v) is 2.84.